The zero-order valence-corrected chi connectivity index (χ0v) is 11.5. The number of carbonyl (C=O) groups excluding carboxylic acids is 2. The van der Waals surface area contributed by atoms with Gasteiger partial charge < -0.3 is 30.0 Å². The average molecular weight is 378 g/mol. The number of rotatable bonds is 3. The summed E-state index contributed by atoms with van der Waals surface area (Å²) in [6, 6.07) is 0. The van der Waals surface area contributed by atoms with Gasteiger partial charge in [0.25, 0.3) is 0 Å². The molecule has 0 aliphatic heterocycles. The molecule has 8 heteroatoms. The summed E-state index contributed by atoms with van der Waals surface area (Å²) in [5.74, 6) is -4.46. The molecule has 0 aromatic rings. The van der Waals surface area contributed by atoms with Crippen molar-refractivity contribution < 1.29 is 59.6 Å². The minimum absolute atomic E-state index is 0. The number of hydrogen-bond acceptors (Lipinski definition) is 6. The van der Waals surface area contributed by atoms with Crippen LogP contribution in [0.1, 0.15) is 0 Å². The third-order valence-corrected chi connectivity index (χ3v) is 0.740. The topological polar surface area (TPSA) is 126 Å². The summed E-state index contributed by atoms with van der Waals surface area (Å²) < 4.78 is 0. The van der Waals surface area contributed by atoms with Crippen molar-refractivity contribution in [1.29, 1.82) is 0 Å². The van der Waals surface area contributed by atoms with E-state index in [0.717, 1.165) is 0 Å². The first-order valence-corrected chi connectivity index (χ1v) is 2.20. The predicted octanol–water partition coefficient (Wildman–Crippen LogP) is -9.43. The van der Waals surface area contributed by atoms with Crippen molar-refractivity contribution in [3.63, 3.8) is 0 Å². The van der Waals surface area contributed by atoms with Gasteiger partial charge in [-0.1, -0.05) is 12.2 Å². The van der Waals surface area contributed by atoms with Crippen molar-refractivity contribution in [2.75, 3.05) is 0 Å². The van der Waals surface area contributed by atoms with Gasteiger partial charge in [-0.25, -0.2) is 0 Å². The second kappa shape index (κ2) is 8.35. The molecule has 0 saturated carbocycles. The molecule has 0 aromatic heterocycles. The van der Waals surface area contributed by atoms with Crippen molar-refractivity contribution in [2.45, 2.75) is 12.2 Å². The van der Waals surface area contributed by atoms with E-state index in [4.69, 9.17) is 0 Å². The third-order valence-electron chi connectivity index (χ3n) is 0.740. The molecular formula is C4H2BiNaO6. The van der Waals surface area contributed by atoms with Crippen LogP contribution in [0.5, 0.6) is 0 Å². The largest absolute Gasteiger partial charge is 3.00 e. The van der Waals surface area contributed by atoms with Crippen LogP contribution in [0.2, 0.25) is 0 Å². The molecule has 0 amide bonds. The Morgan fingerprint density at radius 3 is 1.17 bits per heavy atom. The summed E-state index contributed by atoms with van der Waals surface area (Å²) >= 11 is 0. The number of carboxylic acids is 2. The molecule has 0 saturated heterocycles. The van der Waals surface area contributed by atoms with Crippen molar-refractivity contribution in [2.24, 2.45) is 0 Å². The Bertz CT molecular complexity index is 144. The summed E-state index contributed by atoms with van der Waals surface area (Å²) in [6.45, 7) is 0. The maximum Gasteiger partial charge on any atom is 3.00 e. The van der Waals surface area contributed by atoms with Crippen molar-refractivity contribution in [3.8, 4) is 0 Å². The van der Waals surface area contributed by atoms with E-state index < -0.39 is 24.1 Å². The predicted molar refractivity (Wildman–Crippen MR) is 23.3 cm³/mol. The molecule has 0 heterocycles. The quantitative estimate of drug-likeness (QED) is 0.449. The average Bonchev–Trinajstić information content (AvgIpc) is 1.84. The Hall–Kier alpha value is 0.743. The Labute approximate surface area is 109 Å². The van der Waals surface area contributed by atoms with Crippen LogP contribution in [0.3, 0.4) is 0 Å². The van der Waals surface area contributed by atoms with Crippen LogP contribution in [0.25, 0.3) is 0 Å². The molecule has 0 aliphatic carbocycles. The van der Waals surface area contributed by atoms with Gasteiger partial charge in [-0.05, 0) is 0 Å². The molecule has 0 N–H and O–H groups in total. The van der Waals surface area contributed by atoms with Gasteiger partial charge >= 0.3 is 55.8 Å². The molecule has 0 spiro atoms. The summed E-state index contributed by atoms with van der Waals surface area (Å²) in [5.41, 5.74) is 0. The minimum Gasteiger partial charge on any atom is -0.848 e. The van der Waals surface area contributed by atoms with E-state index in [1.807, 2.05) is 0 Å². The van der Waals surface area contributed by atoms with Gasteiger partial charge in [-0.2, -0.15) is 0 Å². The minimum atomic E-state index is -2.80. The summed E-state index contributed by atoms with van der Waals surface area (Å²) in [7, 11) is 0. The molecule has 2 atom stereocenters. The molecule has 6 nitrogen and oxygen atoms in total. The number of aliphatic carboxylic acids is 2. The maximum absolute atomic E-state index is 9.97. The van der Waals surface area contributed by atoms with Gasteiger partial charge in [-0.15, -0.1) is 0 Å². The zero-order valence-electron chi connectivity index (χ0n) is 6.05. The molecule has 2 unspecified atom stereocenters. The van der Waals surface area contributed by atoms with E-state index in [-0.39, 0.29) is 55.8 Å². The summed E-state index contributed by atoms with van der Waals surface area (Å²) in [6.07, 6.45) is -5.60. The standard InChI is InChI=1S/C4H4O6.Bi.Na/c5-1(3(7)8)2(6)4(9)10;;/h1-2H,(H,7,8)(H,9,10);;/q-2;+3;+1/p-2. The molecular weight excluding hydrogens is 376 g/mol. The fourth-order valence-corrected chi connectivity index (χ4v) is 0.247. The molecule has 0 aliphatic rings. The first-order chi connectivity index (χ1) is 4.46. The fourth-order valence-electron chi connectivity index (χ4n) is 0.247. The Balaban J connectivity index is -0.000000405. The second-order valence-electron chi connectivity index (χ2n) is 1.48. The molecule has 0 aromatic carbocycles. The van der Waals surface area contributed by atoms with Gasteiger partial charge in [0, 0.05) is 11.9 Å². The molecule has 60 valence electrons. The fraction of sp³-hybridized carbons (Fsp3) is 0.500. The van der Waals surface area contributed by atoms with Gasteiger partial charge in [0.15, 0.2) is 0 Å². The smallest absolute Gasteiger partial charge is 0.848 e. The van der Waals surface area contributed by atoms with Crippen LogP contribution < -0.4 is 50.0 Å². The van der Waals surface area contributed by atoms with Crippen molar-refractivity contribution >= 4 is 38.1 Å². The van der Waals surface area contributed by atoms with E-state index in [9.17, 15) is 30.0 Å². The molecule has 2 radical (unpaired) electrons. The van der Waals surface area contributed by atoms with Crippen molar-refractivity contribution in [1.82, 2.24) is 0 Å². The molecule has 0 bridgehead atoms. The van der Waals surface area contributed by atoms with Gasteiger partial charge in [0.05, 0.1) is 0 Å². The monoisotopic (exact) mass is 378 g/mol. The summed E-state index contributed by atoms with van der Waals surface area (Å²) in [4.78, 5) is 19.1. The van der Waals surface area contributed by atoms with Crippen LogP contribution >= 0.6 is 0 Å². The van der Waals surface area contributed by atoms with Gasteiger partial charge in [0.1, 0.15) is 0 Å². The number of carboxylic acid groups (broad SMARTS) is 2. The molecule has 0 rings (SSSR count). The second-order valence-corrected chi connectivity index (χ2v) is 1.48. The van der Waals surface area contributed by atoms with Crippen LogP contribution in [0.15, 0.2) is 0 Å². The van der Waals surface area contributed by atoms with E-state index in [1.54, 1.807) is 0 Å². The van der Waals surface area contributed by atoms with Gasteiger partial charge in [0.2, 0.25) is 0 Å². The Kier molecular flexibility index (Phi) is 12.9. The van der Waals surface area contributed by atoms with E-state index in [1.165, 1.54) is 0 Å². The van der Waals surface area contributed by atoms with Crippen LogP contribution in [-0.2, 0) is 9.59 Å². The zero-order chi connectivity index (χ0) is 8.31. The van der Waals surface area contributed by atoms with E-state index in [2.05, 4.69) is 0 Å². The Morgan fingerprint density at radius 1 is 0.917 bits per heavy atom. The molecule has 0 fully saturated rings. The number of carbonyl (C=O) groups is 2. The third kappa shape index (κ3) is 6.28. The summed E-state index contributed by atoms with van der Waals surface area (Å²) in [5, 5.41) is 39.0. The Morgan fingerprint density at radius 2 is 1.08 bits per heavy atom. The maximum atomic E-state index is 9.97. The van der Waals surface area contributed by atoms with E-state index in [0.29, 0.717) is 0 Å². The molecule has 12 heavy (non-hydrogen) atoms. The van der Waals surface area contributed by atoms with Crippen LogP contribution in [0.4, 0.5) is 0 Å². The van der Waals surface area contributed by atoms with Crippen molar-refractivity contribution in [3.05, 3.63) is 0 Å². The SMILES string of the molecule is O=C([O-])C([O-])C([O-])C(=O)[O-].[Bi+3].[Na+]. The normalized spacial score (nSPS) is 13.2. The van der Waals surface area contributed by atoms with Gasteiger partial charge in [-0.3, -0.25) is 0 Å². The van der Waals surface area contributed by atoms with Crippen LogP contribution in [0, 0.1) is 0 Å². The van der Waals surface area contributed by atoms with Crippen LogP contribution in [-0.4, -0.2) is 50.3 Å². The number of hydrogen-bond donors (Lipinski definition) is 0. The first-order valence-electron chi connectivity index (χ1n) is 2.20. The van der Waals surface area contributed by atoms with E-state index >= 15 is 0 Å². The first kappa shape index (κ1) is 18.5.